The number of rotatable bonds is 7. The van der Waals surface area contributed by atoms with E-state index in [9.17, 15) is 9.18 Å². The van der Waals surface area contributed by atoms with Crippen molar-refractivity contribution in [2.75, 3.05) is 0 Å². The Kier molecular flexibility index (Phi) is 6.17. The van der Waals surface area contributed by atoms with Crippen LogP contribution in [0.3, 0.4) is 0 Å². The summed E-state index contributed by atoms with van der Waals surface area (Å²) < 4.78 is 19.8. The van der Waals surface area contributed by atoms with Crippen LogP contribution >= 0.6 is 0 Å². The molecule has 1 unspecified atom stereocenters. The molecule has 0 spiro atoms. The molecule has 0 aliphatic rings. The number of carbonyl (C=O) groups is 1. The van der Waals surface area contributed by atoms with E-state index in [1.807, 2.05) is 48.5 Å². The molecule has 0 saturated heterocycles. The zero-order valence-electron chi connectivity index (χ0n) is 15.4. The van der Waals surface area contributed by atoms with Gasteiger partial charge < -0.3 is 15.6 Å². The van der Waals surface area contributed by atoms with Crippen LogP contribution in [0.1, 0.15) is 17.5 Å². The van der Waals surface area contributed by atoms with Gasteiger partial charge in [-0.05, 0) is 41.3 Å². The molecule has 0 radical (unpaired) electrons. The average Bonchev–Trinajstić information content (AvgIpc) is 2.70. The number of aliphatic carboxylic acids is 1. The Morgan fingerprint density at radius 3 is 2.62 bits per heavy atom. The highest BCUT2D eigenvalue weighted by molar-refractivity contribution is 5.68. The Bertz CT molecular complexity index is 1060. The standard InChI is InChI=1S/C22H18FN3O3/c23-19-8-14(12-24)13-26-22(19)29-20-7-6-16(15-4-2-1-3-5-15)9-17(20)10-18(25)11-21(27)28/h1-9,13,18H,10-11,25H2,(H,27,28). The summed E-state index contributed by atoms with van der Waals surface area (Å²) in [6.45, 7) is 0. The van der Waals surface area contributed by atoms with Crippen LogP contribution in [-0.4, -0.2) is 22.1 Å². The second kappa shape index (κ2) is 8.95. The number of carboxylic acids is 1. The van der Waals surface area contributed by atoms with E-state index in [0.717, 1.165) is 17.2 Å². The maximum absolute atomic E-state index is 14.2. The fourth-order valence-corrected chi connectivity index (χ4v) is 2.89. The molecule has 3 N–H and O–H groups in total. The molecule has 1 aromatic heterocycles. The van der Waals surface area contributed by atoms with Gasteiger partial charge in [0.1, 0.15) is 11.8 Å². The van der Waals surface area contributed by atoms with Crippen molar-refractivity contribution >= 4 is 5.97 Å². The van der Waals surface area contributed by atoms with Gasteiger partial charge >= 0.3 is 5.97 Å². The van der Waals surface area contributed by atoms with E-state index in [-0.39, 0.29) is 24.3 Å². The Labute approximate surface area is 167 Å². The minimum Gasteiger partial charge on any atom is -0.481 e. The molecule has 0 amide bonds. The van der Waals surface area contributed by atoms with E-state index in [2.05, 4.69) is 4.98 Å². The van der Waals surface area contributed by atoms with E-state index >= 15 is 0 Å². The van der Waals surface area contributed by atoms with E-state index < -0.39 is 17.8 Å². The van der Waals surface area contributed by atoms with Crippen LogP contribution in [0.5, 0.6) is 11.6 Å². The highest BCUT2D eigenvalue weighted by Crippen LogP contribution is 2.31. The number of nitrogens with zero attached hydrogens (tertiary/aromatic N) is 2. The lowest BCUT2D eigenvalue weighted by Crippen LogP contribution is -2.26. The number of nitriles is 1. The molecule has 0 bridgehead atoms. The lowest BCUT2D eigenvalue weighted by atomic mass is 9.97. The first kappa shape index (κ1) is 20.0. The maximum atomic E-state index is 14.2. The second-order valence-corrected chi connectivity index (χ2v) is 6.48. The summed E-state index contributed by atoms with van der Waals surface area (Å²) in [6, 6.07) is 17.1. The minimum atomic E-state index is -1.00. The van der Waals surface area contributed by atoms with Crippen molar-refractivity contribution in [3.63, 3.8) is 0 Å². The van der Waals surface area contributed by atoms with Gasteiger partial charge in [0.25, 0.3) is 5.88 Å². The number of ether oxygens (including phenoxy) is 1. The molecule has 29 heavy (non-hydrogen) atoms. The molecule has 6 nitrogen and oxygen atoms in total. The predicted octanol–water partition coefficient (Wildman–Crippen LogP) is 3.90. The number of aromatic nitrogens is 1. The quantitative estimate of drug-likeness (QED) is 0.632. The molecule has 3 aromatic rings. The first-order valence-corrected chi connectivity index (χ1v) is 8.85. The third-order valence-corrected chi connectivity index (χ3v) is 4.23. The molecular formula is C22H18FN3O3. The number of hydrogen-bond donors (Lipinski definition) is 2. The summed E-state index contributed by atoms with van der Waals surface area (Å²) in [5, 5.41) is 17.8. The van der Waals surface area contributed by atoms with Crippen molar-refractivity contribution in [3.8, 4) is 28.8 Å². The summed E-state index contributed by atoms with van der Waals surface area (Å²) in [7, 11) is 0. The van der Waals surface area contributed by atoms with Crippen LogP contribution in [0.15, 0.2) is 60.8 Å². The lowest BCUT2D eigenvalue weighted by Gasteiger charge is -2.16. The van der Waals surface area contributed by atoms with Crippen LogP contribution in [0.2, 0.25) is 0 Å². The van der Waals surface area contributed by atoms with Crippen molar-refractivity contribution in [3.05, 3.63) is 77.7 Å². The largest absolute Gasteiger partial charge is 0.481 e. The molecule has 7 heteroatoms. The van der Waals surface area contributed by atoms with Crippen molar-refractivity contribution in [2.24, 2.45) is 5.73 Å². The number of benzene rings is 2. The monoisotopic (exact) mass is 391 g/mol. The predicted molar refractivity (Wildman–Crippen MR) is 105 cm³/mol. The topological polar surface area (TPSA) is 109 Å². The van der Waals surface area contributed by atoms with E-state index in [1.165, 1.54) is 6.20 Å². The number of carboxylic acid groups (broad SMARTS) is 1. The normalized spacial score (nSPS) is 11.5. The third kappa shape index (κ3) is 5.15. The third-order valence-electron chi connectivity index (χ3n) is 4.23. The van der Waals surface area contributed by atoms with Gasteiger partial charge in [-0.3, -0.25) is 4.79 Å². The number of halogens is 1. The van der Waals surface area contributed by atoms with Gasteiger partial charge in [-0.25, -0.2) is 9.37 Å². The molecule has 146 valence electrons. The summed E-state index contributed by atoms with van der Waals surface area (Å²) in [4.78, 5) is 14.8. The van der Waals surface area contributed by atoms with Gasteiger partial charge in [0.15, 0.2) is 5.82 Å². The maximum Gasteiger partial charge on any atom is 0.304 e. The Morgan fingerprint density at radius 2 is 1.97 bits per heavy atom. The second-order valence-electron chi connectivity index (χ2n) is 6.48. The first-order valence-electron chi connectivity index (χ1n) is 8.85. The van der Waals surface area contributed by atoms with E-state index in [4.69, 9.17) is 20.8 Å². The molecule has 3 rings (SSSR count). The fraction of sp³-hybridized carbons (Fsp3) is 0.136. The van der Waals surface area contributed by atoms with Crippen LogP contribution < -0.4 is 10.5 Å². The SMILES string of the molecule is N#Cc1cnc(Oc2ccc(-c3ccccc3)cc2CC(N)CC(=O)O)c(F)c1. The molecular weight excluding hydrogens is 373 g/mol. The molecule has 2 aromatic carbocycles. The highest BCUT2D eigenvalue weighted by Gasteiger charge is 2.16. The Morgan fingerprint density at radius 1 is 1.21 bits per heavy atom. The van der Waals surface area contributed by atoms with E-state index in [0.29, 0.717) is 11.3 Å². The molecule has 1 atom stereocenters. The van der Waals surface area contributed by atoms with Crippen LogP contribution in [0.4, 0.5) is 4.39 Å². The average molecular weight is 391 g/mol. The van der Waals surface area contributed by atoms with Crippen molar-refractivity contribution in [1.82, 2.24) is 4.98 Å². The molecule has 1 heterocycles. The smallest absolute Gasteiger partial charge is 0.304 e. The van der Waals surface area contributed by atoms with E-state index in [1.54, 1.807) is 6.07 Å². The zero-order valence-corrected chi connectivity index (χ0v) is 15.4. The molecule has 0 fully saturated rings. The Hall–Kier alpha value is -3.76. The van der Waals surface area contributed by atoms with Crippen molar-refractivity contribution < 1.29 is 19.0 Å². The Balaban J connectivity index is 1.96. The van der Waals surface area contributed by atoms with Crippen LogP contribution in [0, 0.1) is 17.1 Å². The summed E-state index contributed by atoms with van der Waals surface area (Å²) in [5.41, 5.74) is 8.53. The minimum absolute atomic E-state index is 0.0815. The highest BCUT2D eigenvalue weighted by atomic mass is 19.1. The summed E-state index contributed by atoms with van der Waals surface area (Å²) >= 11 is 0. The van der Waals surface area contributed by atoms with Gasteiger partial charge in [-0.2, -0.15) is 5.26 Å². The van der Waals surface area contributed by atoms with Gasteiger partial charge in [0.2, 0.25) is 0 Å². The van der Waals surface area contributed by atoms with Gasteiger partial charge in [-0.1, -0.05) is 36.4 Å². The summed E-state index contributed by atoms with van der Waals surface area (Å²) in [5.74, 6) is -1.72. The molecule has 0 saturated carbocycles. The van der Waals surface area contributed by atoms with Gasteiger partial charge in [0, 0.05) is 12.2 Å². The molecule has 0 aliphatic carbocycles. The van der Waals surface area contributed by atoms with Crippen molar-refractivity contribution in [1.29, 1.82) is 5.26 Å². The number of hydrogen-bond acceptors (Lipinski definition) is 5. The molecule has 0 aliphatic heterocycles. The van der Waals surface area contributed by atoms with Crippen LogP contribution in [0.25, 0.3) is 11.1 Å². The fourth-order valence-electron chi connectivity index (χ4n) is 2.89. The van der Waals surface area contributed by atoms with Gasteiger partial charge in [-0.15, -0.1) is 0 Å². The summed E-state index contributed by atoms with van der Waals surface area (Å²) in [6.07, 6.45) is 1.23. The number of nitrogens with two attached hydrogens (primary N) is 1. The first-order chi connectivity index (χ1) is 14.0. The van der Waals surface area contributed by atoms with Crippen LogP contribution in [-0.2, 0) is 11.2 Å². The van der Waals surface area contributed by atoms with Gasteiger partial charge in [0.05, 0.1) is 12.0 Å². The zero-order chi connectivity index (χ0) is 20.8. The van der Waals surface area contributed by atoms with Crippen molar-refractivity contribution in [2.45, 2.75) is 18.9 Å². The number of pyridine rings is 1. The lowest BCUT2D eigenvalue weighted by molar-refractivity contribution is -0.137.